The van der Waals surface area contributed by atoms with Gasteiger partial charge in [0.05, 0.1) is 13.2 Å². The highest BCUT2D eigenvalue weighted by Crippen LogP contribution is 2.24. The molecule has 0 aromatic heterocycles. The Morgan fingerprint density at radius 2 is 2.18 bits per heavy atom. The number of hydrogen-bond donors (Lipinski definition) is 1. The molecule has 3 atom stereocenters. The molecule has 5 heteroatoms. The van der Waals surface area contributed by atoms with E-state index in [1.54, 1.807) is 11.8 Å². The molecule has 1 aliphatic rings. The van der Waals surface area contributed by atoms with Crippen molar-refractivity contribution in [2.75, 3.05) is 7.11 Å². The topological polar surface area (TPSA) is 50.7 Å². The molecular weight excluding hydrogens is 236 g/mol. The first-order valence-corrected chi connectivity index (χ1v) is 6.90. The average Bonchev–Trinajstić information content (AvgIpc) is 2.23. The van der Waals surface area contributed by atoms with E-state index in [0.717, 1.165) is 11.6 Å². The minimum Gasteiger partial charge on any atom is -0.467 e. The molecule has 1 rings (SSSR count). The number of methoxy groups -OCH3 is 1. The summed E-state index contributed by atoms with van der Waals surface area (Å²) < 4.78 is 4.80. The Morgan fingerprint density at radius 3 is 2.65 bits per heavy atom. The lowest BCUT2D eigenvalue weighted by Crippen LogP contribution is -2.45. The SMILES string of the molecule is COC(=O)C(NC1=NC(C)CC(C)S1)C(C)C. The van der Waals surface area contributed by atoms with Crippen molar-refractivity contribution in [3.8, 4) is 0 Å². The third kappa shape index (κ3) is 4.22. The quantitative estimate of drug-likeness (QED) is 0.787. The summed E-state index contributed by atoms with van der Waals surface area (Å²) in [6.45, 7) is 8.27. The Labute approximate surface area is 108 Å². The summed E-state index contributed by atoms with van der Waals surface area (Å²) in [5.41, 5.74) is 0. The Morgan fingerprint density at radius 1 is 1.53 bits per heavy atom. The molecule has 1 heterocycles. The molecule has 0 aliphatic carbocycles. The second-order valence-electron chi connectivity index (χ2n) is 4.84. The highest BCUT2D eigenvalue weighted by Gasteiger charge is 2.27. The molecule has 1 aliphatic heterocycles. The minimum absolute atomic E-state index is 0.179. The number of amidine groups is 1. The van der Waals surface area contributed by atoms with Gasteiger partial charge in [-0.05, 0) is 19.3 Å². The number of esters is 1. The van der Waals surface area contributed by atoms with Crippen LogP contribution in [0.5, 0.6) is 0 Å². The van der Waals surface area contributed by atoms with E-state index in [9.17, 15) is 4.79 Å². The van der Waals surface area contributed by atoms with Crippen molar-refractivity contribution in [3.05, 3.63) is 0 Å². The van der Waals surface area contributed by atoms with Crippen LogP contribution in [0.4, 0.5) is 0 Å². The monoisotopic (exact) mass is 258 g/mol. The molecule has 0 saturated heterocycles. The number of hydrogen-bond acceptors (Lipinski definition) is 5. The number of nitrogens with one attached hydrogen (secondary N) is 1. The van der Waals surface area contributed by atoms with E-state index < -0.39 is 0 Å². The summed E-state index contributed by atoms with van der Waals surface area (Å²) in [7, 11) is 1.42. The van der Waals surface area contributed by atoms with E-state index >= 15 is 0 Å². The third-order valence-electron chi connectivity index (χ3n) is 2.72. The number of carbonyl (C=O) groups excluding carboxylic acids is 1. The van der Waals surface area contributed by atoms with Gasteiger partial charge < -0.3 is 10.1 Å². The highest BCUT2D eigenvalue weighted by molar-refractivity contribution is 8.14. The maximum Gasteiger partial charge on any atom is 0.328 e. The summed E-state index contributed by atoms with van der Waals surface area (Å²) in [4.78, 5) is 16.2. The van der Waals surface area contributed by atoms with Crippen molar-refractivity contribution in [3.63, 3.8) is 0 Å². The van der Waals surface area contributed by atoms with Crippen LogP contribution in [0, 0.1) is 5.92 Å². The third-order valence-corrected chi connectivity index (χ3v) is 3.77. The smallest absolute Gasteiger partial charge is 0.328 e. The molecule has 4 nitrogen and oxygen atoms in total. The van der Waals surface area contributed by atoms with E-state index in [1.165, 1.54) is 7.11 Å². The summed E-state index contributed by atoms with van der Waals surface area (Å²) in [6, 6.07) is 0.00274. The van der Waals surface area contributed by atoms with Gasteiger partial charge in [0.15, 0.2) is 5.17 Å². The fourth-order valence-corrected chi connectivity index (χ4v) is 3.02. The van der Waals surface area contributed by atoms with Crippen LogP contribution in [0.1, 0.15) is 34.1 Å². The van der Waals surface area contributed by atoms with E-state index in [1.807, 2.05) is 13.8 Å². The Balaban J connectivity index is 2.70. The van der Waals surface area contributed by atoms with Crippen molar-refractivity contribution in [1.29, 1.82) is 0 Å². The summed E-state index contributed by atoms with van der Waals surface area (Å²) in [5.74, 6) is -0.0486. The van der Waals surface area contributed by atoms with Gasteiger partial charge in [0.1, 0.15) is 6.04 Å². The zero-order chi connectivity index (χ0) is 13.0. The fraction of sp³-hybridized carbons (Fsp3) is 0.833. The Bertz CT molecular complexity index is 305. The normalized spacial score (nSPS) is 26.4. The van der Waals surface area contributed by atoms with Crippen LogP contribution in [0.2, 0.25) is 0 Å². The first kappa shape index (κ1) is 14.4. The molecular formula is C12H22N2O2S. The van der Waals surface area contributed by atoms with Crippen molar-refractivity contribution in [2.24, 2.45) is 10.9 Å². The van der Waals surface area contributed by atoms with Crippen molar-refractivity contribution < 1.29 is 9.53 Å². The maximum atomic E-state index is 11.6. The summed E-state index contributed by atoms with van der Waals surface area (Å²) in [5, 5.41) is 4.60. The number of carbonyl (C=O) groups is 1. The van der Waals surface area contributed by atoms with Crippen molar-refractivity contribution in [2.45, 2.75) is 51.4 Å². The molecule has 17 heavy (non-hydrogen) atoms. The molecule has 0 fully saturated rings. The van der Waals surface area contributed by atoms with Gasteiger partial charge in [-0.25, -0.2) is 4.79 Å². The van der Waals surface area contributed by atoms with E-state index in [4.69, 9.17) is 4.74 Å². The Kier molecular flexibility index (Phi) is 5.31. The van der Waals surface area contributed by atoms with Crippen LogP contribution < -0.4 is 5.32 Å². The summed E-state index contributed by atoms with van der Waals surface area (Å²) >= 11 is 1.69. The minimum atomic E-state index is -0.316. The highest BCUT2D eigenvalue weighted by atomic mass is 32.2. The lowest BCUT2D eigenvalue weighted by atomic mass is 10.1. The second kappa shape index (κ2) is 6.28. The molecule has 0 saturated carbocycles. The van der Waals surface area contributed by atoms with Gasteiger partial charge >= 0.3 is 5.97 Å². The number of ether oxygens (including phenoxy) is 1. The molecule has 0 aromatic rings. The van der Waals surface area contributed by atoms with Gasteiger partial charge in [-0.1, -0.05) is 32.5 Å². The first-order valence-electron chi connectivity index (χ1n) is 6.02. The van der Waals surface area contributed by atoms with Crippen LogP contribution in [0.15, 0.2) is 4.99 Å². The van der Waals surface area contributed by atoms with E-state index in [-0.39, 0.29) is 17.9 Å². The molecule has 0 amide bonds. The van der Waals surface area contributed by atoms with Gasteiger partial charge in [0.25, 0.3) is 0 Å². The summed E-state index contributed by atoms with van der Waals surface area (Å²) in [6.07, 6.45) is 1.08. The first-order chi connectivity index (χ1) is 7.93. The van der Waals surface area contributed by atoms with E-state index in [0.29, 0.717) is 11.3 Å². The molecule has 0 spiro atoms. The molecule has 98 valence electrons. The van der Waals surface area contributed by atoms with Crippen LogP contribution >= 0.6 is 11.8 Å². The second-order valence-corrected chi connectivity index (χ2v) is 6.26. The standard InChI is InChI=1S/C12H22N2O2S/c1-7(2)10(11(15)16-5)14-12-13-8(3)6-9(4)17-12/h7-10H,6H2,1-5H3,(H,13,14). The number of thioether (sulfide) groups is 1. The molecule has 0 bridgehead atoms. The Hall–Kier alpha value is -0.710. The molecule has 3 unspecified atom stereocenters. The fourth-order valence-electron chi connectivity index (χ4n) is 1.83. The van der Waals surface area contributed by atoms with Crippen LogP contribution in [0.3, 0.4) is 0 Å². The predicted molar refractivity (Wildman–Crippen MR) is 72.3 cm³/mol. The molecule has 0 aromatic carbocycles. The van der Waals surface area contributed by atoms with Crippen LogP contribution in [-0.2, 0) is 9.53 Å². The molecule has 0 radical (unpaired) electrons. The van der Waals surface area contributed by atoms with Gasteiger partial charge in [-0.3, -0.25) is 4.99 Å². The lowest BCUT2D eigenvalue weighted by molar-refractivity contribution is -0.143. The maximum absolute atomic E-state index is 11.6. The number of nitrogens with zero attached hydrogens (tertiary/aromatic N) is 1. The van der Waals surface area contributed by atoms with E-state index in [2.05, 4.69) is 24.2 Å². The molecule has 1 N–H and O–H groups in total. The van der Waals surface area contributed by atoms with Gasteiger partial charge in [0, 0.05) is 5.25 Å². The number of rotatable bonds is 3. The zero-order valence-corrected chi connectivity index (χ0v) is 12.0. The van der Waals surface area contributed by atoms with Crippen LogP contribution in [-0.4, -0.2) is 35.6 Å². The van der Waals surface area contributed by atoms with Gasteiger partial charge in [-0.15, -0.1) is 0 Å². The van der Waals surface area contributed by atoms with Gasteiger partial charge in [-0.2, -0.15) is 0 Å². The zero-order valence-electron chi connectivity index (χ0n) is 11.2. The predicted octanol–water partition coefficient (Wildman–Crippen LogP) is 2.04. The number of aliphatic imine (C=N–C) groups is 1. The van der Waals surface area contributed by atoms with Gasteiger partial charge in [0.2, 0.25) is 0 Å². The van der Waals surface area contributed by atoms with Crippen LogP contribution in [0.25, 0.3) is 0 Å². The van der Waals surface area contributed by atoms with Crippen molar-refractivity contribution >= 4 is 22.9 Å². The van der Waals surface area contributed by atoms with Crippen molar-refractivity contribution in [1.82, 2.24) is 5.32 Å². The largest absolute Gasteiger partial charge is 0.467 e. The average molecular weight is 258 g/mol. The lowest BCUT2D eigenvalue weighted by Gasteiger charge is -2.27.